The maximum Gasteiger partial charge on any atom is 0.120 e. The average Bonchev–Trinajstić information content (AvgIpc) is 2.60. The van der Waals surface area contributed by atoms with Gasteiger partial charge in [0, 0.05) is 25.8 Å². The summed E-state index contributed by atoms with van der Waals surface area (Å²) in [5.41, 5.74) is 1.73. The quantitative estimate of drug-likeness (QED) is 0.749. The molecule has 82 valence electrons. The standard InChI is InChI=1S/C11H17N3O/c1-3-10(8-15)13-6-9-4-11(5-12)14(2)7-9/h4,7,10,13,15H,3,6,8H2,1-2H3/t10-/m1/s1. The Morgan fingerprint density at radius 1 is 1.67 bits per heavy atom. The Kier molecular flexibility index (Phi) is 4.35. The molecule has 4 nitrogen and oxygen atoms in total. The number of rotatable bonds is 5. The van der Waals surface area contributed by atoms with Crippen molar-refractivity contribution < 1.29 is 5.11 Å². The first-order valence-electron chi connectivity index (χ1n) is 5.10. The Morgan fingerprint density at radius 2 is 2.40 bits per heavy atom. The smallest absolute Gasteiger partial charge is 0.120 e. The van der Waals surface area contributed by atoms with E-state index in [-0.39, 0.29) is 12.6 Å². The van der Waals surface area contributed by atoms with Gasteiger partial charge in [0.25, 0.3) is 0 Å². The highest BCUT2D eigenvalue weighted by atomic mass is 16.3. The van der Waals surface area contributed by atoms with Crippen molar-refractivity contribution in [2.45, 2.75) is 25.9 Å². The molecule has 0 bridgehead atoms. The first-order valence-corrected chi connectivity index (χ1v) is 5.10. The van der Waals surface area contributed by atoms with E-state index >= 15 is 0 Å². The van der Waals surface area contributed by atoms with Crippen LogP contribution in [0.3, 0.4) is 0 Å². The number of aliphatic hydroxyl groups is 1. The molecule has 0 saturated carbocycles. The van der Waals surface area contributed by atoms with Crippen LogP contribution in [-0.4, -0.2) is 22.3 Å². The third-order valence-corrected chi connectivity index (χ3v) is 2.48. The summed E-state index contributed by atoms with van der Waals surface area (Å²) < 4.78 is 1.80. The molecule has 15 heavy (non-hydrogen) atoms. The van der Waals surface area contributed by atoms with E-state index in [2.05, 4.69) is 11.4 Å². The van der Waals surface area contributed by atoms with Crippen LogP contribution in [-0.2, 0) is 13.6 Å². The zero-order valence-electron chi connectivity index (χ0n) is 9.20. The summed E-state index contributed by atoms with van der Waals surface area (Å²) >= 11 is 0. The fraction of sp³-hybridized carbons (Fsp3) is 0.545. The highest BCUT2D eigenvalue weighted by Gasteiger charge is 2.05. The van der Waals surface area contributed by atoms with E-state index in [1.807, 2.05) is 26.2 Å². The molecule has 0 aromatic carbocycles. The van der Waals surface area contributed by atoms with Gasteiger partial charge in [-0.05, 0) is 18.1 Å². The number of aromatic nitrogens is 1. The molecular formula is C11H17N3O. The number of hydrogen-bond donors (Lipinski definition) is 2. The highest BCUT2D eigenvalue weighted by Crippen LogP contribution is 2.06. The van der Waals surface area contributed by atoms with E-state index in [4.69, 9.17) is 10.4 Å². The van der Waals surface area contributed by atoms with Crippen molar-refractivity contribution in [3.63, 3.8) is 0 Å². The van der Waals surface area contributed by atoms with Crippen molar-refractivity contribution in [1.29, 1.82) is 5.26 Å². The number of nitrogens with zero attached hydrogens (tertiary/aromatic N) is 2. The number of nitriles is 1. The van der Waals surface area contributed by atoms with Crippen LogP contribution in [0.4, 0.5) is 0 Å². The Hall–Kier alpha value is -1.31. The van der Waals surface area contributed by atoms with Gasteiger partial charge in [-0.1, -0.05) is 6.92 Å². The van der Waals surface area contributed by atoms with Crippen LogP contribution in [0.25, 0.3) is 0 Å². The average molecular weight is 207 g/mol. The van der Waals surface area contributed by atoms with E-state index in [0.717, 1.165) is 12.0 Å². The lowest BCUT2D eigenvalue weighted by Crippen LogP contribution is -2.30. The predicted octanol–water partition coefficient (Wildman–Crippen LogP) is 0.757. The molecule has 0 unspecified atom stereocenters. The van der Waals surface area contributed by atoms with Crippen molar-refractivity contribution in [3.05, 3.63) is 23.5 Å². The summed E-state index contributed by atoms with van der Waals surface area (Å²) in [6.07, 6.45) is 2.82. The minimum atomic E-state index is 0.135. The van der Waals surface area contributed by atoms with E-state index < -0.39 is 0 Å². The topological polar surface area (TPSA) is 61.0 Å². The largest absolute Gasteiger partial charge is 0.395 e. The van der Waals surface area contributed by atoms with Crippen molar-refractivity contribution in [2.24, 2.45) is 7.05 Å². The summed E-state index contributed by atoms with van der Waals surface area (Å²) in [6.45, 7) is 2.86. The number of hydrogen-bond acceptors (Lipinski definition) is 3. The van der Waals surface area contributed by atoms with Crippen molar-refractivity contribution in [2.75, 3.05) is 6.61 Å². The van der Waals surface area contributed by atoms with Gasteiger partial charge in [0.05, 0.1) is 6.61 Å². The van der Waals surface area contributed by atoms with Crippen molar-refractivity contribution in [3.8, 4) is 6.07 Å². The molecule has 1 atom stereocenters. The van der Waals surface area contributed by atoms with Gasteiger partial charge in [-0.2, -0.15) is 5.26 Å². The first kappa shape index (κ1) is 11.8. The van der Waals surface area contributed by atoms with E-state index in [1.165, 1.54) is 0 Å². The number of aliphatic hydroxyl groups excluding tert-OH is 1. The van der Waals surface area contributed by atoms with Crippen LogP contribution in [0.1, 0.15) is 24.6 Å². The van der Waals surface area contributed by atoms with E-state index in [9.17, 15) is 0 Å². The maximum atomic E-state index is 8.99. The van der Waals surface area contributed by atoms with E-state index in [0.29, 0.717) is 12.2 Å². The minimum Gasteiger partial charge on any atom is -0.395 e. The second-order valence-corrected chi connectivity index (χ2v) is 3.62. The lowest BCUT2D eigenvalue weighted by atomic mass is 10.2. The molecule has 0 aliphatic carbocycles. The molecule has 2 N–H and O–H groups in total. The van der Waals surface area contributed by atoms with Crippen LogP contribution in [0.5, 0.6) is 0 Å². The molecule has 0 spiro atoms. The monoisotopic (exact) mass is 207 g/mol. The third kappa shape index (κ3) is 3.08. The lowest BCUT2D eigenvalue weighted by molar-refractivity contribution is 0.238. The Bertz CT molecular complexity index is 347. The zero-order chi connectivity index (χ0) is 11.3. The predicted molar refractivity (Wildman–Crippen MR) is 58.1 cm³/mol. The highest BCUT2D eigenvalue weighted by molar-refractivity contribution is 5.28. The van der Waals surface area contributed by atoms with Crippen LogP contribution >= 0.6 is 0 Å². The fourth-order valence-corrected chi connectivity index (χ4v) is 1.44. The summed E-state index contributed by atoms with van der Waals surface area (Å²) in [5.74, 6) is 0. The van der Waals surface area contributed by atoms with Gasteiger partial charge in [0.1, 0.15) is 11.8 Å². The number of aryl methyl sites for hydroxylation is 1. The van der Waals surface area contributed by atoms with E-state index in [1.54, 1.807) is 4.57 Å². The molecule has 0 aliphatic heterocycles. The molecule has 0 radical (unpaired) electrons. The first-order chi connectivity index (χ1) is 7.21. The van der Waals surface area contributed by atoms with Gasteiger partial charge < -0.3 is 15.0 Å². The molecule has 0 saturated heterocycles. The van der Waals surface area contributed by atoms with Crippen molar-refractivity contribution in [1.82, 2.24) is 9.88 Å². The summed E-state index contributed by atoms with van der Waals surface area (Å²) in [4.78, 5) is 0. The minimum absolute atomic E-state index is 0.135. The van der Waals surface area contributed by atoms with Gasteiger partial charge in [-0.15, -0.1) is 0 Å². The van der Waals surface area contributed by atoms with Crippen LogP contribution in [0, 0.1) is 11.3 Å². The molecule has 1 aromatic rings. The normalized spacial score (nSPS) is 12.4. The third-order valence-electron chi connectivity index (χ3n) is 2.48. The molecule has 0 fully saturated rings. The SMILES string of the molecule is CC[C@H](CO)NCc1cc(C#N)n(C)c1. The van der Waals surface area contributed by atoms with Gasteiger partial charge in [0.2, 0.25) is 0 Å². The van der Waals surface area contributed by atoms with Crippen molar-refractivity contribution >= 4 is 0 Å². The molecule has 1 heterocycles. The molecule has 0 amide bonds. The van der Waals surface area contributed by atoms with Gasteiger partial charge in [0.15, 0.2) is 0 Å². The summed E-state index contributed by atoms with van der Waals surface area (Å²) in [7, 11) is 1.85. The maximum absolute atomic E-state index is 8.99. The summed E-state index contributed by atoms with van der Waals surface area (Å²) in [6, 6.07) is 4.11. The molecule has 4 heteroatoms. The van der Waals surface area contributed by atoms with Gasteiger partial charge in [-0.25, -0.2) is 0 Å². The zero-order valence-corrected chi connectivity index (χ0v) is 9.20. The second kappa shape index (κ2) is 5.54. The van der Waals surface area contributed by atoms with Gasteiger partial charge >= 0.3 is 0 Å². The van der Waals surface area contributed by atoms with Crippen LogP contribution in [0.15, 0.2) is 12.3 Å². The molecule has 0 aliphatic rings. The Morgan fingerprint density at radius 3 is 2.87 bits per heavy atom. The molecular weight excluding hydrogens is 190 g/mol. The molecule has 1 rings (SSSR count). The van der Waals surface area contributed by atoms with Crippen LogP contribution in [0.2, 0.25) is 0 Å². The molecule has 1 aromatic heterocycles. The number of nitrogens with one attached hydrogen (secondary N) is 1. The summed E-state index contributed by atoms with van der Waals surface area (Å²) in [5, 5.41) is 21.0. The van der Waals surface area contributed by atoms with Crippen LogP contribution < -0.4 is 5.32 Å². The van der Waals surface area contributed by atoms with Gasteiger partial charge in [-0.3, -0.25) is 0 Å². The Balaban J connectivity index is 2.55. The Labute approximate surface area is 90.1 Å². The lowest BCUT2D eigenvalue weighted by Gasteiger charge is -2.12. The second-order valence-electron chi connectivity index (χ2n) is 3.62. The fourth-order valence-electron chi connectivity index (χ4n) is 1.44.